The van der Waals surface area contributed by atoms with Crippen molar-refractivity contribution in [2.45, 2.75) is 26.4 Å². The maximum atomic E-state index is 11.4. The molecule has 0 aliphatic rings. The lowest BCUT2D eigenvalue weighted by atomic mass is 10.2. The van der Waals surface area contributed by atoms with Crippen molar-refractivity contribution in [1.82, 2.24) is 10.3 Å². The van der Waals surface area contributed by atoms with E-state index in [9.17, 15) is 9.90 Å². The van der Waals surface area contributed by atoms with Gasteiger partial charge in [0.2, 0.25) is 5.91 Å². The lowest BCUT2D eigenvalue weighted by Crippen LogP contribution is -2.35. The van der Waals surface area contributed by atoms with Crippen LogP contribution in [-0.2, 0) is 4.79 Å². The summed E-state index contributed by atoms with van der Waals surface area (Å²) in [7, 11) is 1.84. The van der Waals surface area contributed by atoms with Gasteiger partial charge in [0.1, 0.15) is 0 Å². The fourth-order valence-electron chi connectivity index (χ4n) is 1.59. The van der Waals surface area contributed by atoms with Gasteiger partial charge < -0.3 is 15.3 Å². The van der Waals surface area contributed by atoms with Crippen molar-refractivity contribution in [3.63, 3.8) is 0 Å². The fourth-order valence-corrected chi connectivity index (χ4v) is 1.59. The molecule has 5 heteroatoms. The minimum absolute atomic E-state index is 0.0160. The predicted molar refractivity (Wildman–Crippen MR) is 71.4 cm³/mol. The van der Waals surface area contributed by atoms with Crippen molar-refractivity contribution in [2.24, 2.45) is 0 Å². The van der Waals surface area contributed by atoms with Crippen molar-refractivity contribution in [3.05, 3.63) is 24.0 Å². The molecule has 0 saturated carbocycles. The summed E-state index contributed by atoms with van der Waals surface area (Å²) in [5, 5.41) is 12.4. The summed E-state index contributed by atoms with van der Waals surface area (Å²) < 4.78 is 0. The molecule has 0 spiro atoms. The smallest absolute Gasteiger partial charge is 0.239 e. The van der Waals surface area contributed by atoms with Crippen LogP contribution in [0.1, 0.15) is 32.1 Å². The van der Waals surface area contributed by atoms with Gasteiger partial charge in [-0.2, -0.15) is 0 Å². The molecule has 0 unspecified atom stereocenters. The number of carbonyl (C=O) groups excluding carboxylic acids is 1. The number of likely N-dealkylation sites (N-methyl/N-ethyl adjacent to an activating group) is 2. The van der Waals surface area contributed by atoms with E-state index < -0.39 is 6.10 Å². The van der Waals surface area contributed by atoms with E-state index in [1.807, 2.05) is 31.9 Å². The molecule has 1 aromatic heterocycles. The van der Waals surface area contributed by atoms with E-state index in [0.29, 0.717) is 25.2 Å². The number of aliphatic hydroxyl groups excluding tert-OH is 1. The van der Waals surface area contributed by atoms with Gasteiger partial charge in [0.05, 0.1) is 30.2 Å². The molecule has 1 amide bonds. The topological polar surface area (TPSA) is 65.5 Å². The minimum atomic E-state index is -0.521. The highest BCUT2D eigenvalue weighted by Crippen LogP contribution is 2.17. The average molecular weight is 251 g/mol. The van der Waals surface area contributed by atoms with Gasteiger partial charge in [-0.25, -0.2) is 0 Å². The zero-order chi connectivity index (χ0) is 13.5. The molecule has 1 atom stereocenters. The summed E-state index contributed by atoms with van der Waals surface area (Å²) in [5.41, 5.74) is 1.51. The number of hydrogen-bond acceptors (Lipinski definition) is 4. The Balaban J connectivity index is 2.64. The summed E-state index contributed by atoms with van der Waals surface area (Å²) >= 11 is 0. The second kappa shape index (κ2) is 6.96. The van der Waals surface area contributed by atoms with Crippen molar-refractivity contribution in [3.8, 4) is 0 Å². The van der Waals surface area contributed by atoms with Crippen LogP contribution in [0.15, 0.2) is 18.3 Å². The Morgan fingerprint density at radius 3 is 2.72 bits per heavy atom. The standard InChI is InChI=1S/C13H21N3O2/c1-4-12(17)11-7-6-10(8-15-11)16(3)9-13(18)14-5-2/h6-8,12,17H,4-5,9H2,1-3H3,(H,14,18)/t12-/m1/s1. The molecule has 1 heterocycles. The molecular weight excluding hydrogens is 230 g/mol. The molecule has 0 saturated heterocycles. The highest BCUT2D eigenvalue weighted by molar-refractivity contribution is 5.81. The zero-order valence-corrected chi connectivity index (χ0v) is 11.2. The maximum Gasteiger partial charge on any atom is 0.239 e. The number of carbonyl (C=O) groups is 1. The van der Waals surface area contributed by atoms with E-state index in [2.05, 4.69) is 10.3 Å². The lowest BCUT2D eigenvalue weighted by molar-refractivity contribution is -0.119. The van der Waals surface area contributed by atoms with Crippen LogP contribution in [0.2, 0.25) is 0 Å². The van der Waals surface area contributed by atoms with Gasteiger partial charge in [-0.1, -0.05) is 6.92 Å². The average Bonchev–Trinajstić information content (AvgIpc) is 2.38. The van der Waals surface area contributed by atoms with Crippen LogP contribution in [0, 0.1) is 0 Å². The first-order valence-corrected chi connectivity index (χ1v) is 6.20. The summed E-state index contributed by atoms with van der Waals surface area (Å²) in [6.45, 7) is 4.72. The molecule has 0 fully saturated rings. The molecule has 100 valence electrons. The third-order valence-electron chi connectivity index (χ3n) is 2.69. The van der Waals surface area contributed by atoms with Crippen LogP contribution in [0.5, 0.6) is 0 Å². The lowest BCUT2D eigenvalue weighted by Gasteiger charge is -2.18. The van der Waals surface area contributed by atoms with Crippen LogP contribution in [0.3, 0.4) is 0 Å². The quantitative estimate of drug-likeness (QED) is 0.794. The molecule has 0 radical (unpaired) electrons. The molecule has 0 aliphatic carbocycles. The van der Waals surface area contributed by atoms with E-state index in [1.165, 1.54) is 0 Å². The normalized spacial score (nSPS) is 12.0. The largest absolute Gasteiger partial charge is 0.387 e. The molecule has 0 bridgehead atoms. The number of anilines is 1. The Bertz CT molecular complexity index is 378. The highest BCUT2D eigenvalue weighted by atomic mass is 16.3. The fraction of sp³-hybridized carbons (Fsp3) is 0.538. The Morgan fingerprint density at radius 2 is 2.22 bits per heavy atom. The highest BCUT2D eigenvalue weighted by Gasteiger charge is 2.09. The van der Waals surface area contributed by atoms with Crippen LogP contribution < -0.4 is 10.2 Å². The zero-order valence-electron chi connectivity index (χ0n) is 11.2. The first kappa shape index (κ1) is 14.4. The third kappa shape index (κ3) is 4.00. The second-order valence-electron chi connectivity index (χ2n) is 4.17. The van der Waals surface area contributed by atoms with Crippen LogP contribution >= 0.6 is 0 Å². The van der Waals surface area contributed by atoms with Crippen molar-refractivity contribution >= 4 is 11.6 Å². The van der Waals surface area contributed by atoms with E-state index in [1.54, 1.807) is 12.3 Å². The van der Waals surface area contributed by atoms with Gasteiger partial charge >= 0.3 is 0 Å². The monoisotopic (exact) mass is 251 g/mol. The third-order valence-corrected chi connectivity index (χ3v) is 2.69. The Labute approximate surface area is 108 Å². The number of aliphatic hydroxyl groups is 1. The summed E-state index contributed by atoms with van der Waals surface area (Å²) in [4.78, 5) is 17.5. The molecule has 1 aromatic rings. The summed E-state index contributed by atoms with van der Waals surface area (Å²) in [5.74, 6) is -0.0160. The van der Waals surface area contributed by atoms with Crippen molar-refractivity contribution in [1.29, 1.82) is 0 Å². The van der Waals surface area contributed by atoms with E-state index in [0.717, 1.165) is 5.69 Å². The first-order valence-electron chi connectivity index (χ1n) is 6.20. The Morgan fingerprint density at radius 1 is 1.50 bits per heavy atom. The molecule has 2 N–H and O–H groups in total. The summed E-state index contributed by atoms with van der Waals surface area (Å²) in [6, 6.07) is 3.65. The molecule has 0 aromatic carbocycles. The molecule has 18 heavy (non-hydrogen) atoms. The van der Waals surface area contributed by atoms with Crippen LogP contribution in [0.4, 0.5) is 5.69 Å². The first-order chi connectivity index (χ1) is 8.58. The maximum absolute atomic E-state index is 11.4. The van der Waals surface area contributed by atoms with Gasteiger partial charge in [-0.3, -0.25) is 9.78 Å². The predicted octanol–water partition coefficient (Wildman–Crippen LogP) is 1.10. The van der Waals surface area contributed by atoms with Gasteiger partial charge in [-0.15, -0.1) is 0 Å². The van der Waals surface area contributed by atoms with Gasteiger partial charge in [0.15, 0.2) is 0 Å². The van der Waals surface area contributed by atoms with Crippen molar-refractivity contribution < 1.29 is 9.90 Å². The van der Waals surface area contributed by atoms with E-state index in [4.69, 9.17) is 0 Å². The van der Waals surface area contributed by atoms with Gasteiger partial charge in [0, 0.05) is 13.6 Å². The van der Waals surface area contributed by atoms with Crippen LogP contribution in [-0.4, -0.2) is 36.1 Å². The van der Waals surface area contributed by atoms with Gasteiger partial charge in [0.25, 0.3) is 0 Å². The number of hydrogen-bond donors (Lipinski definition) is 2. The second-order valence-corrected chi connectivity index (χ2v) is 4.17. The number of rotatable bonds is 6. The summed E-state index contributed by atoms with van der Waals surface area (Å²) in [6.07, 6.45) is 1.79. The minimum Gasteiger partial charge on any atom is -0.387 e. The van der Waals surface area contributed by atoms with Gasteiger partial charge in [-0.05, 0) is 25.5 Å². The molecular formula is C13H21N3O2. The SMILES string of the molecule is CCNC(=O)CN(C)c1ccc([C@H](O)CC)nc1. The van der Waals surface area contributed by atoms with E-state index >= 15 is 0 Å². The molecule has 5 nitrogen and oxygen atoms in total. The van der Waals surface area contributed by atoms with Crippen LogP contribution in [0.25, 0.3) is 0 Å². The van der Waals surface area contributed by atoms with Crippen molar-refractivity contribution in [2.75, 3.05) is 25.0 Å². The number of nitrogens with zero attached hydrogens (tertiary/aromatic N) is 2. The Kier molecular flexibility index (Phi) is 5.58. The number of pyridine rings is 1. The number of aromatic nitrogens is 1. The molecule has 1 rings (SSSR count). The Hall–Kier alpha value is -1.62. The molecule has 0 aliphatic heterocycles. The number of nitrogens with one attached hydrogen (secondary N) is 1. The van der Waals surface area contributed by atoms with E-state index in [-0.39, 0.29) is 5.91 Å². The number of amides is 1.